The number of nitrogens with zero attached hydrogens (tertiary/aromatic N) is 2. The minimum atomic E-state index is -0.269. The molecule has 2 atom stereocenters. The van der Waals surface area contributed by atoms with Gasteiger partial charge in [-0.05, 0) is 38.3 Å². The maximum absolute atomic E-state index is 13.6. The van der Waals surface area contributed by atoms with Crippen LogP contribution in [0.5, 0.6) is 0 Å². The van der Waals surface area contributed by atoms with Crippen molar-refractivity contribution in [1.82, 2.24) is 15.5 Å². The molecule has 1 aromatic heterocycles. The van der Waals surface area contributed by atoms with Gasteiger partial charge in [0, 0.05) is 18.2 Å². The van der Waals surface area contributed by atoms with Gasteiger partial charge in [-0.3, -0.25) is 0 Å². The Balaban J connectivity index is 1.62. The number of hydrogen-bond acceptors (Lipinski definition) is 5. The Hall–Kier alpha value is -1.79. The molecular formula is C16H20FN3O2. The number of hydrogen-bond donors (Lipinski definition) is 1. The van der Waals surface area contributed by atoms with Crippen LogP contribution in [-0.4, -0.2) is 28.9 Å². The molecule has 1 fully saturated rings. The van der Waals surface area contributed by atoms with E-state index in [2.05, 4.69) is 22.4 Å². The maximum Gasteiger partial charge on any atom is 0.240 e. The van der Waals surface area contributed by atoms with Crippen LogP contribution in [0.25, 0.3) is 11.4 Å². The average molecular weight is 305 g/mol. The van der Waals surface area contributed by atoms with Gasteiger partial charge < -0.3 is 14.6 Å². The third-order valence-corrected chi connectivity index (χ3v) is 4.00. The summed E-state index contributed by atoms with van der Waals surface area (Å²) in [6.07, 6.45) is 2.43. The zero-order valence-corrected chi connectivity index (χ0v) is 12.8. The Morgan fingerprint density at radius 1 is 1.45 bits per heavy atom. The molecule has 6 heteroatoms. The summed E-state index contributed by atoms with van der Waals surface area (Å²) in [6, 6.07) is 5.15. The molecule has 1 N–H and O–H groups in total. The fraction of sp³-hybridized carbons (Fsp3) is 0.500. The first-order valence-corrected chi connectivity index (χ1v) is 7.57. The summed E-state index contributed by atoms with van der Waals surface area (Å²) in [7, 11) is 0. The smallest absolute Gasteiger partial charge is 0.240 e. The third-order valence-electron chi connectivity index (χ3n) is 4.00. The lowest BCUT2D eigenvalue weighted by Crippen LogP contribution is -2.36. The van der Waals surface area contributed by atoms with Gasteiger partial charge in [0.25, 0.3) is 0 Å². The number of aryl methyl sites for hydroxylation is 1. The van der Waals surface area contributed by atoms with Crippen molar-refractivity contribution in [3.8, 4) is 11.4 Å². The molecule has 0 amide bonds. The van der Waals surface area contributed by atoms with E-state index < -0.39 is 0 Å². The lowest BCUT2D eigenvalue weighted by atomic mass is 10.1. The molecule has 0 radical (unpaired) electrons. The molecule has 0 aliphatic carbocycles. The fourth-order valence-electron chi connectivity index (χ4n) is 2.55. The first-order chi connectivity index (χ1) is 10.6. The summed E-state index contributed by atoms with van der Waals surface area (Å²) >= 11 is 0. The van der Waals surface area contributed by atoms with Crippen molar-refractivity contribution in [2.45, 2.75) is 45.4 Å². The first-order valence-electron chi connectivity index (χ1n) is 7.57. The van der Waals surface area contributed by atoms with E-state index >= 15 is 0 Å². The first kappa shape index (κ1) is 15.1. The van der Waals surface area contributed by atoms with Gasteiger partial charge in [-0.25, -0.2) is 4.39 Å². The Morgan fingerprint density at radius 2 is 2.32 bits per heavy atom. The molecular weight excluding hydrogens is 285 g/mol. The molecule has 0 bridgehead atoms. The van der Waals surface area contributed by atoms with Crippen LogP contribution >= 0.6 is 0 Å². The highest BCUT2D eigenvalue weighted by Crippen LogP contribution is 2.19. The monoisotopic (exact) mass is 305 g/mol. The number of halogens is 1. The largest absolute Gasteiger partial charge is 0.377 e. The Kier molecular flexibility index (Phi) is 4.49. The standard InChI is InChI=1S/C16H20FN3O2/c1-10-5-6-12(8-13(10)17)16-19-15(22-20-16)9-18-11(2)14-4-3-7-21-14/h5-6,8,11,14,18H,3-4,7,9H2,1-2H3/t11-,14-/m1/s1. The number of aromatic nitrogens is 2. The van der Waals surface area contributed by atoms with Crippen molar-refractivity contribution in [2.24, 2.45) is 0 Å². The molecule has 0 unspecified atom stereocenters. The lowest BCUT2D eigenvalue weighted by molar-refractivity contribution is 0.0822. The second kappa shape index (κ2) is 6.54. The van der Waals surface area contributed by atoms with Crippen molar-refractivity contribution < 1.29 is 13.7 Å². The van der Waals surface area contributed by atoms with Crippen LogP contribution in [0.1, 0.15) is 31.2 Å². The highest BCUT2D eigenvalue weighted by Gasteiger charge is 2.22. The van der Waals surface area contributed by atoms with Gasteiger partial charge >= 0.3 is 0 Å². The highest BCUT2D eigenvalue weighted by atomic mass is 19.1. The van der Waals surface area contributed by atoms with Crippen molar-refractivity contribution in [3.05, 3.63) is 35.5 Å². The summed E-state index contributed by atoms with van der Waals surface area (Å²) < 4.78 is 24.4. The van der Waals surface area contributed by atoms with Crippen molar-refractivity contribution >= 4 is 0 Å². The lowest BCUT2D eigenvalue weighted by Gasteiger charge is -2.18. The number of benzene rings is 1. The number of ether oxygens (including phenoxy) is 1. The Morgan fingerprint density at radius 3 is 3.05 bits per heavy atom. The zero-order valence-electron chi connectivity index (χ0n) is 12.8. The predicted molar refractivity (Wildman–Crippen MR) is 79.7 cm³/mol. The molecule has 22 heavy (non-hydrogen) atoms. The highest BCUT2D eigenvalue weighted by molar-refractivity contribution is 5.54. The molecule has 2 heterocycles. The average Bonchev–Trinajstić information content (AvgIpc) is 3.19. The van der Waals surface area contributed by atoms with E-state index in [4.69, 9.17) is 9.26 Å². The van der Waals surface area contributed by atoms with Crippen LogP contribution in [0.15, 0.2) is 22.7 Å². The predicted octanol–water partition coefficient (Wildman–Crippen LogP) is 2.84. The van der Waals surface area contributed by atoms with Gasteiger partial charge in [0.05, 0.1) is 12.6 Å². The summed E-state index contributed by atoms with van der Waals surface area (Å²) in [5.41, 5.74) is 1.21. The summed E-state index contributed by atoms with van der Waals surface area (Å²) in [4.78, 5) is 4.30. The van der Waals surface area contributed by atoms with Crippen LogP contribution < -0.4 is 5.32 Å². The van der Waals surface area contributed by atoms with Crippen LogP contribution in [0.4, 0.5) is 4.39 Å². The molecule has 2 aromatic rings. The van der Waals surface area contributed by atoms with Crippen LogP contribution in [0.2, 0.25) is 0 Å². The second-order valence-electron chi connectivity index (χ2n) is 5.70. The Bertz CT molecular complexity index is 638. The van der Waals surface area contributed by atoms with Gasteiger partial charge in [-0.1, -0.05) is 17.3 Å². The minimum Gasteiger partial charge on any atom is -0.377 e. The molecule has 1 aliphatic rings. The van der Waals surface area contributed by atoms with Crippen LogP contribution in [-0.2, 0) is 11.3 Å². The maximum atomic E-state index is 13.6. The molecule has 0 spiro atoms. The molecule has 1 saturated heterocycles. The van der Waals surface area contributed by atoms with Gasteiger partial charge in [-0.2, -0.15) is 4.98 Å². The van der Waals surface area contributed by atoms with Gasteiger partial charge in [0.2, 0.25) is 11.7 Å². The van der Waals surface area contributed by atoms with E-state index in [0.29, 0.717) is 29.4 Å². The number of nitrogens with one attached hydrogen (secondary N) is 1. The van der Waals surface area contributed by atoms with Crippen LogP contribution in [0, 0.1) is 12.7 Å². The quantitative estimate of drug-likeness (QED) is 0.920. The van der Waals surface area contributed by atoms with E-state index in [0.717, 1.165) is 19.4 Å². The molecule has 5 nitrogen and oxygen atoms in total. The molecule has 0 saturated carbocycles. The summed E-state index contributed by atoms with van der Waals surface area (Å²) in [6.45, 7) is 5.11. The van der Waals surface area contributed by atoms with Crippen molar-refractivity contribution in [3.63, 3.8) is 0 Å². The molecule has 3 rings (SSSR count). The van der Waals surface area contributed by atoms with Gasteiger partial charge in [0.1, 0.15) is 5.82 Å². The van der Waals surface area contributed by atoms with E-state index in [-0.39, 0.29) is 18.0 Å². The van der Waals surface area contributed by atoms with E-state index in [1.807, 2.05) is 0 Å². The van der Waals surface area contributed by atoms with Crippen molar-refractivity contribution in [2.75, 3.05) is 6.61 Å². The normalized spacial score (nSPS) is 19.5. The summed E-state index contributed by atoms with van der Waals surface area (Å²) in [5.74, 6) is 0.621. The SMILES string of the molecule is Cc1ccc(-c2noc(CN[C@H](C)[C@H]3CCCO3)n2)cc1F. The molecule has 1 aliphatic heterocycles. The van der Waals surface area contributed by atoms with Crippen molar-refractivity contribution in [1.29, 1.82) is 0 Å². The third kappa shape index (κ3) is 3.34. The molecule has 118 valence electrons. The van der Waals surface area contributed by atoms with Crippen LogP contribution in [0.3, 0.4) is 0 Å². The zero-order chi connectivity index (χ0) is 15.5. The minimum absolute atomic E-state index is 0.231. The second-order valence-corrected chi connectivity index (χ2v) is 5.70. The topological polar surface area (TPSA) is 60.2 Å². The number of rotatable bonds is 5. The van der Waals surface area contributed by atoms with E-state index in [9.17, 15) is 4.39 Å². The van der Waals surface area contributed by atoms with E-state index in [1.54, 1.807) is 19.1 Å². The fourth-order valence-corrected chi connectivity index (χ4v) is 2.55. The van der Waals surface area contributed by atoms with E-state index in [1.165, 1.54) is 6.07 Å². The molecule has 1 aromatic carbocycles. The summed E-state index contributed by atoms with van der Waals surface area (Å²) in [5, 5.41) is 7.24. The Labute approximate surface area is 128 Å². The van der Waals surface area contributed by atoms with Gasteiger partial charge in [0.15, 0.2) is 0 Å². The van der Waals surface area contributed by atoms with Gasteiger partial charge in [-0.15, -0.1) is 0 Å².